The molecule has 3 rings (SSSR count). The molecule has 25 heavy (non-hydrogen) atoms. The van der Waals surface area contributed by atoms with E-state index in [0.29, 0.717) is 0 Å². The number of fused-ring (bicyclic) bond motifs is 1. The van der Waals surface area contributed by atoms with Gasteiger partial charge in [-0.25, -0.2) is 4.98 Å². The number of benzene rings is 1. The quantitative estimate of drug-likeness (QED) is 0.678. The average Bonchev–Trinajstić information content (AvgIpc) is 2.61. The Morgan fingerprint density at radius 3 is 2.52 bits per heavy atom. The largest absolute Gasteiger partial charge is 0.341 e. The zero-order chi connectivity index (χ0) is 17.6. The van der Waals surface area contributed by atoms with Crippen LogP contribution < -0.4 is 10.2 Å². The molecule has 1 aromatic carbocycles. The number of hydrogen-bond donors (Lipinski definition) is 1. The van der Waals surface area contributed by atoms with Crippen molar-refractivity contribution in [3.63, 3.8) is 0 Å². The fraction of sp³-hybridized carbons (Fsp3) is 0.350. The van der Waals surface area contributed by atoms with Gasteiger partial charge in [0.05, 0.1) is 11.2 Å². The van der Waals surface area contributed by atoms with Crippen molar-refractivity contribution in [2.45, 2.75) is 33.6 Å². The second-order valence-corrected chi connectivity index (χ2v) is 6.19. The van der Waals surface area contributed by atoms with Gasteiger partial charge in [-0.3, -0.25) is 4.98 Å². The van der Waals surface area contributed by atoms with Crippen LogP contribution in [0.25, 0.3) is 10.9 Å². The summed E-state index contributed by atoms with van der Waals surface area (Å²) in [5.74, 6) is 1.59. The zero-order valence-corrected chi connectivity index (χ0v) is 15.2. The third-order valence-corrected chi connectivity index (χ3v) is 4.01. The molecule has 0 bridgehead atoms. The molecular weight excluding hydrogens is 310 g/mol. The summed E-state index contributed by atoms with van der Waals surface area (Å²) in [5, 5.41) is 4.54. The Labute approximate surface area is 149 Å². The van der Waals surface area contributed by atoms with Gasteiger partial charge in [-0.15, -0.1) is 0 Å². The molecule has 0 atom stereocenters. The van der Waals surface area contributed by atoms with E-state index in [2.05, 4.69) is 46.2 Å². The maximum absolute atomic E-state index is 4.75. The summed E-state index contributed by atoms with van der Waals surface area (Å²) in [6, 6.07) is 12.1. The van der Waals surface area contributed by atoms with Gasteiger partial charge in [0.2, 0.25) is 5.95 Å². The van der Waals surface area contributed by atoms with Crippen LogP contribution in [0.1, 0.15) is 32.4 Å². The number of rotatable bonds is 7. The standard InChI is InChI=1S/C20H25N5/c1-4-12-25(13-5-2)20-22-15(3)14-18(24-20)23-17-10-6-8-16-9-7-11-21-19(16)17/h6-11,14H,4-5,12-13H2,1-3H3,(H,22,23,24). The predicted molar refractivity (Wildman–Crippen MR) is 105 cm³/mol. The lowest BCUT2D eigenvalue weighted by Crippen LogP contribution is -2.27. The first-order valence-electron chi connectivity index (χ1n) is 8.92. The Balaban J connectivity index is 1.94. The lowest BCUT2D eigenvalue weighted by atomic mass is 10.2. The number of aryl methyl sites for hydroxylation is 1. The molecule has 0 aliphatic heterocycles. The van der Waals surface area contributed by atoms with Crippen molar-refractivity contribution in [3.8, 4) is 0 Å². The van der Waals surface area contributed by atoms with Crippen molar-refractivity contribution in [2.24, 2.45) is 0 Å². The highest BCUT2D eigenvalue weighted by molar-refractivity contribution is 5.91. The van der Waals surface area contributed by atoms with Gasteiger partial charge in [0.25, 0.3) is 0 Å². The minimum absolute atomic E-state index is 0.791. The van der Waals surface area contributed by atoms with Gasteiger partial charge in [-0.2, -0.15) is 4.98 Å². The molecule has 0 spiro atoms. The summed E-state index contributed by atoms with van der Waals surface area (Å²) < 4.78 is 0. The summed E-state index contributed by atoms with van der Waals surface area (Å²) in [6.45, 7) is 8.30. The van der Waals surface area contributed by atoms with Crippen molar-refractivity contribution >= 4 is 28.4 Å². The summed E-state index contributed by atoms with van der Waals surface area (Å²) >= 11 is 0. The molecule has 0 aliphatic rings. The molecule has 0 aliphatic carbocycles. The molecule has 0 unspecified atom stereocenters. The lowest BCUT2D eigenvalue weighted by Gasteiger charge is -2.22. The molecule has 0 saturated carbocycles. The van der Waals surface area contributed by atoms with Crippen molar-refractivity contribution < 1.29 is 0 Å². The Morgan fingerprint density at radius 1 is 1.00 bits per heavy atom. The molecule has 1 N–H and O–H groups in total. The van der Waals surface area contributed by atoms with E-state index in [1.807, 2.05) is 37.4 Å². The highest BCUT2D eigenvalue weighted by atomic mass is 15.3. The number of nitrogens with one attached hydrogen (secondary N) is 1. The van der Waals surface area contributed by atoms with Crippen LogP contribution in [0.5, 0.6) is 0 Å². The summed E-state index contributed by atoms with van der Waals surface area (Å²) in [4.78, 5) is 16.1. The Morgan fingerprint density at radius 2 is 1.76 bits per heavy atom. The minimum atomic E-state index is 0.791. The number of aromatic nitrogens is 3. The van der Waals surface area contributed by atoms with Crippen LogP contribution in [0.4, 0.5) is 17.5 Å². The molecule has 3 aromatic rings. The summed E-state index contributed by atoms with van der Waals surface area (Å²) in [7, 11) is 0. The van der Waals surface area contributed by atoms with Crippen LogP contribution in [0, 0.1) is 6.92 Å². The van der Waals surface area contributed by atoms with E-state index >= 15 is 0 Å². The highest BCUT2D eigenvalue weighted by Gasteiger charge is 2.11. The van der Waals surface area contributed by atoms with E-state index in [4.69, 9.17) is 4.98 Å². The van der Waals surface area contributed by atoms with Gasteiger partial charge in [0.1, 0.15) is 5.82 Å². The smallest absolute Gasteiger partial charge is 0.227 e. The fourth-order valence-corrected chi connectivity index (χ4v) is 2.95. The lowest BCUT2D eigenvalue weighted by molar-refractivity contribution is 0.720. The fourth-order valence-electron chi connectivity index (χ4n) is 2.95. The molecular formula is C20H25N5. The summed E-state index contributed by atoms with van der Waals surface area (Å²) in [5.41, 5.74) is 2.86. The van der Waals surface area contributed by atoms with E-state index in [-0.39, 0.29) is 0 Å². The maximum Gasteiger partial charge on any atom is 0.227 e. The second kappa shape index (κ2) is 7.92. The summed E-state index contributed by atoms with van der Waals surface area (Å²) in [6.07, 6.45) is 3.97. The van der Waals surface area contributed by atoms with E-state index in [0.717, 1.165) is 60.0 Å². The van der Waals surface area contributed by atoms with Crippen LogP contribution in [0.3, 0.4) is 0 Å². The molecule has 5 heteroatoms. The minimum Gasteiger partial charge on any atom is -0.341 e. The van der Waals surface area contributed by atoms with Gasteiger partial charge in [-0.05, 0) is 31.9 Å². The third kappa shape index (κ3) is 4.05. The van der Waals surface area contributed by atoms with Gasteiger partial charge < -0.3 is 10.2 Å². The van der Waals surface area contributed by atoms with Crippen LogP contribution >= 0.6 is 0 Å². The van der Waals surface area contributed by atoms with Crippen LogP contribution in [-0.4, -0.2) is 28.0 Å². The molecule has 0 fully saturated rings. The molecule has 0 radical (unpaired) electrons. The van der Waals surface area contributed by atoms with Crippen LogP contribution in [0.15, 0.2) is 42.6 Å². The first-order valence-corrected chi connectivity index (χ1v) is 8.92. The van der Waals surface area contributed by atoms with Crippen molar-refractivity contribution in [2.75, 3.05) is 23.3 Å². The number of para-hydroxylation sites is 1. The number of anilines is 3. The van der Waals surface area contributed by atoms with Gasteiger partial charge in [0, 0.05) is 36.4 Å². The van der Waals surface area contributed by atoms with Crippen LogP contribution in [0.2, 0.25) is 0 Å². The number of nitrogens with zero attached hydrogens (tertiary/aromatic N) is 4. The van der Waals surface area contributed by atoms with Crippen LogP contribution in [-0.2, 0) is 0 Å². The van der Waals surface area contributed by atoms with E-state index in [9.17, 15) is 0 Å². The number of hydrogen-bond acceptors (Lipinski definition) is 5. The van der Waals surface area contributed by atoms with Gasteiger partial charge in [-0.1, -0.05) is 32.0 Å². The van der Waals surface area contributed by atoms with Crippen molar-refractivity contribution in [1.29, 1.82) is 0 Å². The molecule has 5 nitrogen and oxygen atoms in total. The van der Waals surface area contributed by atoms with Gasteiger partial charge in [0.15, 0.2) is 0 Å². The second-order valence-electron chi connectivity index (χ2n) is 6.19. The van der Waals surface area contributed by atoms with E-state index < -0.39 is 0 Å². The number of pyridine rings is 1. The van der Waals surface area contributed by atoms with E-state index in [1.165, 1.54) is 0 Å². The molecule has 2 aromatic heterocycles. The Bertz CT molecular complexity index is 835. The zero-order valence-electron chi connectivity index (χ0n) is 15.2. The average molecular weight is 335 g/mol. The first-order chi connectivity index (χ1) is 12.2. The van der Waals surface area contributed by atoms with Crippen molar-refractivity contribution in [1.82, 2.24) is 15.0 Å². The monoisotopic (exact) mass is 335 g/mol. The molecule has 0 amide bonds. The SMILES string of the molecule is CCCN(CCC)c1nc(C)cc(Nc2cccc3cccnc23)n1. The van der Waals surface area contributed by atoms with Crippen molar-refractivity contribution in [3.05, 3.63) is 48.3 Å². The first kappa shape index (κ1) is 17.1. The molecule has 0 saturated heterocycles. The Kier molecular flexibility index (Phi) is 5.43. The predicted octanol–water partition coefficient (Wildman–Crippen LogP) is 4.70. The topological polar surface area (TPSA) is 53.9 Å². The Hall–Kier alpha value is -2.69. The molecule has 130 valence electrons. The third-order valence-electron chi connectivity index (χ3n) is 4.01. The van der Waals surface area contributed by atoms with Gasteiger partial charge >= 0.3 is 0 Å². The normalized spacial score (nSPS) is 10.8. The van der Waals surface area contributed by atoms with E-state index in [1.54, 1.807) is 0 Å². The maximum atomic E-state index is 4.75. The molecule has 2 heterocycles. The highest BCUT2D eigenvalue weighted by Crippen LogP contribution is 2.25.